The molecule has 0 radical (unpaired) electrons. The Bertz CT molecular complexity index is 2140. The van der Waals surface area contributed by atoms with E-state index in [2.05, 4.69) is 21.7 Å². The van der Waals surface area contributed by atoms with Crippen LogP contribution in [0, 0.1) is 40.0 Å². The topological polar surface area (TPSA) is 138 Å². The van der Waals surface area contributed by atoms with Crippen LogP contribution in [0.4, 0.5) is 23.2 Å². The third-order valence-corrected chi connectivity index (χ3v) is 9.78. The highest BCUT2D eigenvalue weighted by Gasteiger charge is 2.57. The number of fused-ring (bicyclic) bond motifs is 3. The molecule has 1 saturated heterocycles. The maximum Gasteiger partial charge on any atom is 0.268 e. The molecule has 6 rings (SSSR count). The molecule has 0 unspecified atom stereocenters. The molecular weight excluding hydrogens is 680 g/mol. The summed E-state index contributed by atoms with van der Waals surface area (Å²) in [6, 6.07) is 12.2. The van der Waals surface area contributed by atoms with E-state index in [1.54, 1.807) is 24.3 Å². The number of nitriles is 1. The maximum absolute atomic E-state index is 14.6. The first-order valence-corrected chi connectivity index (χ1v) is 16.6. The van der Waals surface area contributed by atoms with Crippen LogP contribution in [0.25, 0.3) is 10.9 Å². The third kappa shape index (κ3) is 6.58. The van der Waals surface area contributed by atoms with Crippen molar-refractivity contribution in [2.24, 2.45) is 5.41 Å². The zero-order valence-corrected chi connectivity index (χ0v) is 28.8. The first-order chi connectivity index (χ1) is 24.5. The van der Waals surface area contributed by atoms with Gasteiger partial charge >= 0.3 is 0 Å². The van der Waals surface area contributed by atoms with Crippen molar-refractivity contribution in [1.82, 2.24) is 20.1 Å². The van der Waals surface area contributed by atoms with Crippen LogP contribution in [-0.4, -0.2) is 70.1 Å². The van der Waals surface area contributed by atoms with Gasteiger partial charge in [-0.2, -0.15) is 5.26 Å². The Kier molecular flexibility index (Phi) is 9.33. The molecule has 4 atom stereocenters. The molecule has 2 aliphatic rings. The lowest BCUT2D eigenvalue weighted by Crippen LogP contribution is -2.57. The number of anilines is 1. The molecule has 14 heteroatoms. The number of aromatic amines is 1. The first kappa shape index (κ1) is 36.1. The van der Waals surface area contributed by atoms with Crippen molar-refractivity contribution in [3.63, 3.8) is 0 Å². The Morgan fingerprint density at radius 2 is 1.75 bits per heavy atom. The summed E-state index contributed by atoms with van der Waals surface area (Å²) in [5.41, 5.74) is -0.923. The minimum absolute atomic E-state index is 0.0524. The van der Waals surface area contributed by atoms with Gasteiger partial charge in [0.05, 0.1) is 17.0 Å². The Labute approximate surface area is 296 Å². The summed E-state index contributed by atoms with van der Waals surface area (Å²) in [4.78, 5) is 60.8. The van der Waals surface area contributed by atoms with Crippen molar-refractivity contribution in [2.75, 3.05) is 18.9 Å². The van der Waals surface area contributed by atoms with Crippen molar-refractivity contribution in [3.05, 3.63) is 101 Å². The lowest BCUT2D eigenvalue weighted by atomic mass is 9.80. The number of aromatic nitrogens is 1. The van der Waals surface area contributed by atoms with Gasteiger partial charge in [0.1, 0.15) is 35.5 Å². The number of hydrogen-bond donors (Lipinski definition) is 3. The molecule has 270 valence electrons. The number of nitrogens with one attached hydrogen (secondary N) is 3. The van der Waals surface area contributed by atoms with Crippen LogP contribution in [0.3, 0.4) is 0 Å². The van der Waals surface area contributed by atoms with Crippen LogP contribution in [0.2, 0.25) is 0 Å². The van der Waals surface area contributed by atoms with Gasteiger partial charge in [0, 0.05) is 43.6 Å². The van der Waals surface area contributed by atoms with Gasteiger partial charge in [-0.05, 0) is 47.2 Å². The predicted octanol–water partition coefficient (Wildman–Crippen LogP) is 5.34. The lowest BCUT2D eigenvalue weighted by Gasteiger charge is -2.37. The smallest absolute Gasteiger partial charge is 0.268 e. The number of amides is 4. The second-order valence-electron chi connectivity index (χ2n) is 14.6. The quantitative estimate of drug-likeness (QED) is 0.167. The van der Waals surface area contributed by atoms with E-state index in [9.17, 15) is 42.0 Å². The summed E-state index contributed by atoms with van der Waals surface area (Å²) in [6.07, 6.45) is 0.00643. The molecule has 0 aliphatic carbocycles. The van der Waals surface area contributed by atoms with Crippen LogP contribution in [0.5, 0.6) is 0 Å². The number of carbonyl (C=O) groups excluding carboxylic acids is 4. The molecule has 4 aromatic rings. The van der Waals surface area contributed by atoms with E-state index in [0.29, 0.717) is 22.9 Å². The summed E-state index contributed by atoms with van der Waals surface area (Å²) < 4.78 is 56.6. The molecule has 10 nitrogen and oxygen atoms in total. The Hall–Kier alpha value is -5.71. The predicted molar refractivity (Wildman–Crippen MR) is 183 cm³/mol. The zero-order valence-electron chi connectivity index (χ0n) is 28.8. The van der Waals surface area contributed by atoms with Crippen LogP contribution in [0.1, 0.15) is 55.2 Å². The summed E-state index contributed by atoms with van der Waals surface area (Å²) >= 11 is 0. The molecule has 0 saturated carbocycles. The minimum Gasteiger partial charge on any atom is -0.348 e. The molecule has 4 amide bonds. The molecule has 3 N–H and O–H groups in total. The summed E-state index contributed by atoms with van der Waals surface area (Å²) in [6.45, 7) is 5.51. The Morgan fingerprint density at radius 3 is 2.42 bits per heavy atom. The van der Waals surface area contributed by atoms with E-state index in [0.717, 1.165) is 6.07 Å². The number of para-hydroxylation sites is 1. The summed E-state index contributed by atoms with van der Waals surface area (Å²) in [5.74, 6) is -7.08. The Balaban J connectivity index is 1.33. The number of rotatable bonds is 8. The third-order valence-electron chi connectivity index (χ3n) is 9.78. The van der Waals surface area contributed by atoms with Crippen molar-refractivity contribution in [2.45, 2.75) is 63.6 Å². The number of likely N-dealkylation sites (N-methyl/N-ethyl adjacent to an activating group) is 1. The molecule has 1 aromatic heterocycles. The fourth-order valence-electron chi connectivity index (χ4n) is 7.15. The molecule has 2 aliphatic heterocycles. The number of H-pyrrole nitrogens is 1. The van der Waals surface area contributed by atoms with E-state index in [4.69, 9.17) is 0 Å². The van der Waals surface area contributed by atoms with Gasteiger partial charge in [-0.3, -0.25) is 19.2 Å². The highest BCUT2D eigenvalue weighted by Crippen LogP contribution is 2.46. The van der Waals surface area contributed by atoms with Crippen LogP contribution in [-0.2, 0) is 26.2 Å². The van der Waals surface area contributed by atoms with Crippen molar-refractivity contribution >= 4 is 40.2 Å². The van der Waals surface area contributed by atoms with Crippen molar-refractivity contribution in [3.8, 4) is 6.07 Å². The van der Waals surface area contributed by atoms with E-state index in [-0.39, 0.29) is 42.8 Å². The van der Waals surface area contributed by atoms with Gasteiger partial charge in [-0.25, -0.2) is 17.6 Å². The molecule has 52 heavy (non-hydrogen) atoms. The van der Waals surface area contributed by atoms with E-state index >= 15 is 0 Å². The van der Waals surface area contributed by atoms with Gasteiger partial charge in [-0.1, -0.05) is 51.1 Å². The van der Waals surface area contributed by atoms with E-state index in [1.807, 2.05) is 20.8 Å². The van der Waals surface area contributed by atoms with E-state index < -0.39 is 75.5 Å². The SMILES string of the molecule is CN(C(=O)[C@H](Cc1ccc(F)cc1)NC(=O)c1cc2c(F)cc(F)c(F)c2[nH]1)[C@@H](CC(C)(C)C)C(=O)N1C[C@]2(C[C@H]1C#N)C(=O)Nc1ccccc12. The number of likely N-dealkylation sites (tertiary alicyclic amines) is 1. The highest BCUT2D eigenvalue weighted by molar-refractivity contribution is 6.07. The van der Waals surface area contributed by atoms with Gasteiger partial charge in [0.2, 0.25) is 17.7 Å². The van der Waals surface area contributed by atoms with Crippen molar-refractivity contribution in [1.29, 1.82) is 5.26 Å². The average Bonchev–Trinajstić information content (AvgIpc) is 3.80. The summed E-state index contributed by atoms with van der Waals surface area (Å²) in [7, 11) is 1.39. The standard InChI is InChI=1S/C38H36F4N6O4/c1-37(2,3)17-30(35(51)48-19-38(16-22(48)18-43)24-7-5-6-8-27(24)46-36(38)52)47(4)34(50)29(13-20-9-11-21(39)12-10-20)45-33(49)28-14-23-25(40)15-26(41)31(42)32(23)44-28/h5-12,14-15,22,29-30,44H,13,16-17,19H2,1-4H3,(H,45,49)(H,46,52)/t22-,29-,30-,38-/m0/s1. The lowest BCUT2D eigenvalue weighted by molar-refractivity contribution is -0.147. The maximum atomic E-state index is 14.6. The highest BCUT2D eigenvalue weighted by atomic mass is 19.2. The first-order valence-electron chi connectivity index (χ1n) is 16.6. The fraction of sp³-hybridized carbons (Fsp3) is 0.342. The van der Waals surface area contributed by atoms with Crippen LogP contribution < -0.4 is 10.6 Å². The van der Waals surface area contributed by atoms with Gasteiger partial charge in [0.25, 0.3) is 5.91 Å². The van der Waals surface area contributed by atoms with Crippen molar-refractivity contribution < 1.29 is 36.7 Å². The summed E-state index contributed by atoms with van der Waals surface area (Å²) in [5, 5.41) is 15.2. The normalized spacial score (nSPS) is 19.2. The second kappa shape index (κ2) is 13.4. The number of hydrogen-bond acceptors (Lipinski definition) is 5. The number of halogens is 4. The molecule has 3 heterocycles. The fourth-order valence-corrected chi connectivity index (χ4v) is 7.15. The Morgan fingerprint density at radius 1 is 1.06 bits per heavy atom. The largest absolute Gasteiger partial charge is 0.348 e. The van der Waals surface area contributed by atoms with Crippen LogP contribution >= 0.6 is 0 Å². The molecule has 1 fully saturated rings. The number of nitrogens with zero attached hydrogens (tertiary/aromatic N) is 3. The molecular formula is C38H36F4N6O4. The van der Waals surface area contributed by atoms with Gasteiger partial charge in [0.15, 0.2) is 11.6 Å². The van der Waals surface area contributed by atoms with Gasteiger partial charge in [-0.15, -0.1) is 0 Å². The average molecular weight is 717 g/mol. The number of carbonyl (C=O) groups is 4. The van der Waals surface area contributed by atoms with Gasteiger partial charge < -0.3 is 25.4 Å². The zero-order chi connectivity index (χ0) is 37.7. The molecule has 1 spiro atoms. The number of benzene rings is 3. The minimum atomic E-state index is -1.46. The van der Waals surface area contributed by atoms with E-state index in [1.165, 1.54) is 41.1 Å². The second-order valence-corrected chi connectivity index (χ2v) is 14.6. The monoisotopic (exact) mass is 716 g/mol. The van der Waals surface area contributed by atoms with Crippen LogP contribution in [0.15, 0.2) is 60.7 Å². The molecule has 3 aromatic carbocycles. The molecule has 0 bridgehead atoms.